The molecule has 1 aliphatic rings. The smallest absolute Gasteiger partial charge is 0.433 e. The first-order valence-electron chi connectivity index (χ1n) is 9.25. The first-order chi connectivity index (χ1) is 14.1. The number of aliphatic hydroxyl groups excluding tert-OH is 1. The lowest BCUT2D eigenvalue weighted by Gasteiger charge is -2.25. The zero-order valence-corrected chi connectivity index (χ0v) is 17.7. The summed E-state index contributed by atoms with van der Waals surface area (Å²) in [7, 11) is 3.63. The fraction of sp³-hybridized carbons (Fsp3) is 0.400. The van der Waals surface area contributed by atoms with Crippen molar-refractivity contribution in [3.8, 4) is 11.6 Å². The summed E-state index contributed by atoms with van der Waals surface area (Å²) in [4.78, 5) is 18.4. The SMILES string of the molecule is CN(C)C1CN(C=O)C(c2cccc(Oc3cc(CN)cc(C(F)(F)F)n3)c2)C1O.Cl. The number of pyridine rings is 1. The van der Waals surface area contributed by atoms with Gasteiger partial charge in [-0.2, -0.15) is 13.2 Å². The van der Waals surface area contributed by atoms with Crippen LogP contribution < -0.4 is 10.5 Å². The van der Waals surface area contributed by atoms with Gasteiger partial charge in [0.25, 0.3) is 0 Å². The quantitative estimate of drug-likeness (QED) is 0.644. The van der Waals surface area contributed by atoms with Crippen LogP contribution in [0.15, 0.2) is 36.4 Å². The summed E-state index contributed by atoms with van der Waals surface area (Å²) in [6, 6.07) is 7.86. The van der Waals surface area contributed by atoms with Crippen molar-refractivity contribution in [3.05, 3.63) is 53.2 Å². The number of nitrogens with zero attached hydrogens (tertiary/aromatic N) is 3. The monoisotopic (exact) mass is 460 g/mol. The molecule has 170 valence electrons. The Balaban J connectivity index is 0.00000341. The molecule has 3 rings (SSSR count). The van der Waals surface area contributed by atoms with E-state index in [0.29, 0.717) is 18.5 Å². The van der Waals surface area contributed by atoms with Crippen LogP contribution in [0.3, 0.4) is 0 Å². The Bertz CT molecular complexity index is 913. The Morgan fingerprint density at radius 2 is 2.03 bits per heavy atom. The summed E-state index contributed by atoms with van der Waals surface area (Å²) >= 11 is 0. The molecule has 7 nitrogen and oxygen atoms in total. The zero-order chi connectivity index (χ0) is 22.1. The van der Waals surface area contributed by atoms with E-state index in [1.807, 2.05) is 19.0 Å². The lowest BCUT2D eigenvalue weighted by Crippen LogP contribution is -2.38. The molecule has 31 heavy (non-hydrogen) atoms. The molecule has 0 saturated carbocycles. The number of benzene rings is 1. The summed E-state index contributed by atoms with van der Waals surface area (Å²) in [5.74, 6) is -0.0125. The number of halogens is 4. The average Bonchev–Trinajstić information content (AvgIpc) is 3.03. The van der Waals surface area contributed by atoms with Crippen molar-refractivity contribution in [1.82, 2.24) is 14.8 Å². The van der Waals surface area contributed by atoms with E-state index in [-0.39, 0.29) is 42.2 Å². The van der Waals surface area contributed by atoms with Crippen molar-refractivity contribution in [2.24, 2.45) is 5.73 Å². The lowest BCUT2D eigenvalue weighted by atomic mass is 10.00. The maximum Gasteiger partial charge on any atom is 0.433 e. The van der Waals surface area contributed by atoms with Gasteiger partial charge in [0.1, 0.15) is 11.4 Å². The van der Waals surface area contributed by atoms with Crippen LogP contribution in [0.4, 0.5) is 13.2 Å². The van der Waals surface area contributed by atoms with Crippen molar-refractivity contribution in [2.45, 2.75) is 30.9 Å². The number of alkyl halides is 3. The van der Waals surface area contributed by atoms with Gasteiger partial charge in [-0.05, 0) is 43.4 Å². The summed E-state index contributed by atoms with van der Waals surface area (Å²) in [6.45, 7) is 0.249. The molecule has 1 aliphatic heterocycles. The van der Waals surface area contributed by atoms with Gasteiger partial charge in [0, 0.05) is 19.2 Å². The number of nitrogens with two attached hydrogens (primary N) is 1. The maximum atomic E-state index is 13.1. The van der Waals surface area contributed by atoms with Gasteiger partial charge in [-0.1, -0.05) is 12.1 Å². The number of likely N-dealkylation sites (N-methyl/N-ethyl adjacent to an activating group) is 1. The van der Waals surface area contributed by atoms with E-state index in [0.717, 1.165) is 6.07 Å². The number of rotatable bonds is 6. The second-order valence-corrected chi connectivity index (χ2v) is 7.34. The molecule has 2 aromatic rings. The molecule has 3 unspecified atom stereocenters. The lowest BCUT2D eigenvalue weighted by molar-refractivity contribution is -0.141. The highest BCUT2D eigenvalue weighted by atomic mass is 35.5. The minimum atomic E-state index is -4.63. The molecule has 1 amide bonds. The number of ether oxygens (including phenoxy) is 1. The summed E-state index contributed by atoms with van der Waals surface area (Å²) in [5, 5.41) is 10.7. The van der Waals surface area contributed by atoms with Gasteiger partial charge in [0.15, 0.2) is 0 Å². The van der Waals surface area contributed by atoms with E-state index in [2.05, 4.69) is 4.98 Å². The van der Waals surface area contributed by atoms with Crippen molar-refractivity contribution in [3.63, 3.8) is 0 Å². The van der Waals surface area contributed by atoms with Gasteiger partial charge < -0.3 is 25.4 Å². The fourth-order valence-corrected chi connectivity index (χ4v) is 3.57. The minimum Gasteiger partial charge on any atom is -0.439 e. The number of hydrogen-bond donors (Lipinski definition) is 2. The first-order valence-corrected chi connectivity index (χ1v) is 9.25. The van der Waals surface area contributed by atoms with Crippen LogP contribution in [-0.2, 0) is 17.5 Å². The zero-order valence-electron chi connectivity index (χ0n) is 16.9. The molecule has 1 aromatic heterocycles. The van der Waals surface area contributed by atoms with E-state index in [9.17, 15) is 23.1 Å². The van der Waals surface area contributed by atoms with Crippen molar-refractivity contribution >= 4 is 18.8 Å². The number of aliphatic hydroxyl groups is 1. The normalized spacial score (nSPS) is 21.2. The fourth-order valence-electron chi connectivity index (χ4n) is 3.57. The Kier molecular flexibility index (Phi) is 7.87. The van der Waals surface area contributed by atoms with Crippen LogP contribution in [0, 0.1) is 0 Å². The third-order valence-electron chi connectivity index (χ3n) is 5.08. The van der Waals surface area contributed by atoms with Crippen molar-refractivity contribution in [2.75, 3.05) is 20.6 Å². The molecule has 3 N–H and O–H groups in total. The van der Waals surface area contributed by atoms with Crippen LogP contribution >= 0.6 is 12.4 Å². The topological polar surface area (TPSA) is 91.9 Å². The Morgan fingerprint density at radius 3 is 2.61 bits per heavy atom. The molecule has 1 saturated heterocycles. The molecule has 0 bridgehead atoms. The standard InChI is InChI=1S/C20H23F3N4O3.ClH/c1-26(2)15-10-27(11-28)18(19(15)29)13-4-3-5-14(8-13)30-17-7-12(9-24)6-16(25-17)20(21,22)23;/h3-8,11,15,18-19,29H,9-10,24H2,1-2H3;1H. The highest BCUT2D eigenvalue weighted by Gasteiger charge is 2.42. The molecule has 1 fully saturated rings. The second-order valence-electron chi connectivity index (χ2n) is 7.34. The predicted molar refractivity (Wildman–Crippen MR) is 110 cm³/mol. The van der Waals surface area contributed by atoms with Gasteiger partial charge in [0.05, 0.1) is 18.2 Å². The predicted octanol–water partition coefficient (Wildman–Crippen LogP) is 2.58. The Morgan fingerprint density at radius 1 is 1.32 bits per heavy atom. The number of likely N-dealkylation sites (tertiary alicyclic amines) is 1. The van der Waals surface area contributed by atoms with Crippen LogP contribution in [0.2, 0.25) is 0 Å². The van der Waals surface area contributed by atoms with E-state index < -0.39 is 24.0 Å². The number of carbonyl (C=O) groups is 1. The molecule has 2 heterocycles. The van der Waals surface area contributed by atoms with E-state index in [4.69, 9.17) is 10.5 Å². The van der Waals surface area contributed by atoms with E-state index >= 15 is 0 Å². The van der Waals surface area contributed by atoms with E-state index in [1.165, 1.54) is 11.0 Å². The number of aromatic nitrogens is 1. The van der Waals surface area contributed by atoms with Crippen molar-refractivity contribution < 1.29 is 27.8 Å². The van der Waals surface area contributed by atoms with Crippen LogP contribution in [0.1, 0.15) is 22.9 Å². The summed E-state index contributed by atoms with van der Waals surface area (Å²) < 4.78 is 44.8. The first kappa shape index (κ1) is 24.9. The third-order valence-corrected chi connectivity index (χ3v) is 5.08. The third kappa shape index (κ3) is 5.45. The molecular weight excluding hydrogens is 437 g/mol. The van der Waals surface area contributed by atoms with Gasteiger partial charge in [0.2, 0.25) is 12.3 Å². The number of amides is 1. The van der Waals surface area contributed by atoms with Gasteiger partial charge in [-0.3, -0.25) is 4.79 Å². The highest BCUT2D eigenvalue weighted by Crippen LogP contribution is 2.36. The number of carbonyl (C=O) groups excluding carboxylic acids is 1. The van der Waals surface area contributed by atoms with Gasteiger partial charge in [-0.15, -0.1) is 12.4 Å². The minimum absolute atomic E-state index is 0. The maximum absolute atomic E-state index is 13.1. The Hall–Kier alpha value is -2.40. The molecule has 11 heteroatoms. The average molecular weight is 461 g/mol. The van der Waals surface area contributed by atoms with Crippen LogP contribution in [0.5, 0.6) is 11.6 Å². The van der Waals surface area contributed by atoms with Gasteiger partial charge >= 0.3 is 6.18 Å². The molecule has 0 radical (unpaired) electrons. The highest BCUT2D eigenvalue weighted by molar-refractivity contribution is 5.85. The molecule has 1 aromatic carbocycles. The van der Waals surface area contributed by atoms with Crippen LogP contribution in [-0.4, -0.2) is 59.1 Å². The molecular formula is C20H24ClF3N4O3. The Labute approximate surface area is 184 Å². The van der Waals surface area contributed by atoms with Crippen LogP contribution in [0.25, 0.3) is 0 Å². The molecule has 0 aliphatic carbocycles. The molecule has 0 spiro atoms. The second kappa shape index (κ2) is 9.82. The van der Waals surface area contributed by atoms with Crippen molar-refractivity contribution in [1.29, 1.82) is 0 Å². The summed E-state index contributed by atoms with van der Waals surface area (Å²) in [5.41, 5.74) is 5.23. The largest absolute Gasteiger partial charge is 0.439 e. The number of hydrogen-bond acceptors (Lipinski definition) is 6. The summed E-state index contributed by atoms with van der Waals surface area (Å²) in [6.07, 6.45) is -4.80. The molecule has 3 atom stereocenters. The van der Waals surface area contributed by atoms with E-state index in [1.54, 1.807) is 24.3 Å². The van der Waals surface area contributed by atoms with Gasteiger partial charge in [-0.25, -0.2) is 4.98 Å².